The molecule has 148 valence electrons. The highest BCUT2D eigenvalue weighted by molar-refractivity contribution is 6.18. The Labute approximate surface area is 185 Å². The molecule has 0 saturated carbocycles. The first kappa shape index (κ1) is 17.5. The van der Waals surface area contributed by atoms with Crippen LogP contribution in [-0.2, 0) is 0 Å². The zero-order valence-corrected chi connectivity index (χ0v) is 17.4. The van der Waals surface area contributed by atoms with E-state index in [2.05, 4.69) is 115 Å². The Bertz CT molecular complexity index is 1830. The van der Waals surface area contributed by atoms with E-state index in [0.717, 1.165) is 16.8 Å². The maximum atomic E-state index is 5.11. The van der Waals surface area contributed by atoms with Crippen LogP contribution in [0, 0.1) is 0 Å². The molecule has 0 spiro atoms. The molecule has 1 heteroatoms. The molecule has 32 heavy (non-hydrogen) atoms. The van der Waals surface area contributed by atoms with Crippen molar-refractivity contribution in [2.45, 2.75) is 0 Å². The third kappa shape index (κ3) is 2.48. The summed E-state index contributed by atoms with van der Waals surface area (Å²) < 4.78 is 0. The summed E-state index contributed by atoms with van der Waals surface area (Å²) >= 11 is 0. The Morgan fingerprint density at radius 2 is 0.938 bits per heavy atom. The topological polar surface area (TPSA) is 12.9 Å². The Morgan fingerprint density at radius 3 is 1.78 bits per heavy atom. The van der Waals surface area contributed by atoms with Crippen molar-refractivity contribution in [3.8, 4) is 11.3 Å². The predicted molar refractivity (Wildman–Crippen MR) is 137 cm³/mol. The fourth-order valence-electron chi connectivity index (χ4n) is 5.09. The number of hydrogen-bond donors (Lipinski definition) is 0. The fourth-order valence-corrected chi connectivity index (χ4v) is 5.09. The number of benzene rings is 6. The Morgan fingerprint density at radius 1 is 0.375 bits per heavy atom. The van der Waals surface area contributed by atoms with Crippen LogP contribution in [0.4, 0.5) is 0 Å². The number of para-hydroxylation sites is 1. The van der Waals surface area contributed by atoms with E-state index in [4.69, 9.17) is 4.98 Å². The quantitative estimate of drug-likeness (QED) is 0.249. The van der Waals surface area contributed by atoms with Gasteiger partial charge in [0.1, 0.15) is 0 Å². The van der Waals surface area contributed by atoms with Crippen LogP contribution in [0.2, 0.25) is 0 Å². The van der Waals surface area contributed by atoms with Gasteiger partial charge in [0.05, 0.1) is 11.2 Å². The molecule has 0 N–H and O–H groups in total. The minimum atomic E-state index is 1.03. The SMILES string of the molecule is c1ccc2c(c1)ccc1c3cc(-c4nc5ccccc5c5ccccc45)ccc3ccc21. The van der Waals surface area contributed by atoms with Crippen molar-refractivity contribution in [1.29, 1.82) is 0 Å². The summed E-state index contributed by atoms with van der Waals surface area (Å²) in [6.45, 7) is 0. The molecule has 1 heterocycles. The molecule has 0 aliphatic heterocycles. The smallest absolute Gasteiger partial charge is 0.0788 e. The molecule has 0 fully saturated rings. The van der Waals surface area contributed by atoms with E-state index in [1.54, 1.807) is 0 Å². The minimum Gasteiger partial charge on any atom is -0.247 e. The number of fused-ring (bicyclic) bond motifs is 8. The average molecular weight is 406 g/mol. The number of rotatable bonds is 1. The zero-order valence-electron chi connectivity index (χ0n) is 17.4. The predicted octanol–water partition coefficient (Wildman–Crippen LogP) is 8.51. The van der Waals surface area contributed by atoms with Crippen LogP contribution in [-0.4, -0.2) is 4.98 Å². The molecule has 7 aromatic rings. The van der Waals surface area contributed by atoms with Gasteiger partial charge in [-0.2, -0.15) is 0 Å². The maximum absolute atomic E-state index is 5.11. The van der Waals surface area contributed by atoms with Crippen LogP contribution >= 0.6 is 0 Å². The summed E-state index contributed by atoms with van der Waals surface area (Å²) in [6, 6.07) is 41.4. The van der Waals surface area contributed by atoms with E-state index in [1.807, 2.05) is 0 Å². The van der Waals surface area contributed by atoms with E-state index < -0.39 is 0 Å². The van der Waals surface area contributed by atoms with E-state index in [0.29, 0.717) is 0 Å². The van der Waals surface area contributed by atoms with Crippen molar-refractivity contribution in [1.82, 2.24) is 4.98 Å². The standard InChI is InChI=1S/C31H19N/c1-2-8-23-20(7-1)15-18-26-25(23)17-16-21-13-14-22(19-29(21)26)31-28-11-4-3-9-24(28)27-10-5-6-12-30(27)32-31/h1-19H. The van der Waals surface area contributed by atoms with Gasteiger partial charge >= 0.3 is 0 Å². The molecule has 0 amide bonds. The molecule has 1 nitrogen and oxygen atoms in total. The number of aromatic nitrogens is 1. The van der Waals surface area contributed by atoms with Gasteiger partial charge in [-0.15, -0.1) is 0 Å². The maximum Gasteiger partial charge on any atom is 0.0788 e. The number of hydrogen-bond acceptors (Lipinski definition) is 1. The lowest BCUT2D eigenvalue weighted by Gasteiger charge is -2.12. The molecule has 0 unspecified atom stereocenters. The molecule has 0 bridgehead atoms. The van der Waals surface area contributed by atoms with Gasteiger partial charge in [-0.25, -0.2) is 4.98 Å². The van der Waals surface area contributed by atoms with Crippen LogP contribution in [0.1, 0.15) is 0 Å². The first-order valence-corrected chi connectivity index (χ1v) is 11.0. The van der Waals surface area contributed by atoms with Gasteiger partial charge in [-0.3, -0.25) is 0 Å². The van der Waals surface area contributed by atoms with Crippen LogP contribution in [0.3, 0.4) is 0 Å². The third-order valence-electron chi connectivity index (χ3n) is 6.63. The Balaban J connectivity index is 1.58. The summed E-state index contributed by atoms with van der Waals surface area (Å²) in [6.07, 6.45) is 0. The molecule has 0 atom stereocenters. The summed E-state index contributed by atoms with van der Waals surface area (Å²) in [5.41, 5.74) is 3.23. The van der Waals surface area contributed by atoms with E-state index >= 15 is 0 Å². The van der Waals surface area contributed by atoms with E-state index in [1.165, 1.54) is 48.5 Å². The molecule has 0 aliphatic rings. The van der Waals surface area contributed by atoms with Crippen molar-refractivity contribution in [3.63, 3.8) is 0 Å². The lowest BCUT2D eigenvalue weighted by molar-refractivity contribution is 1.43. The molecule has 6 aromatic carbocycles. The summed E-state index contributed by atoms with van der Waals surface area (Å²) in [4.78, 5) is 5.11. The summed E-state index contributed by atoms with van der Waals surface area (Å²) in [5.74, 6) is 0. The van der Waals surface area contributed by atoms with Gasteiger partial charge in [0.15, 0.2) is 0 Å². The highest BCUT2D eigenvalue weighted by Gasteiger charge is 2.12. The normalized spacial score (nSPS) is 11.8. The number of nitrogens with zero attached hydrogens (tertiary/aromatic N) is 1. The molecule has 1 aromatic heterocycles. The Kier molecular flexibility index (Phi) is 3.62. The second-order valence-electron chi connectivity index (χ2n) is 8.41. The van der Waals surface area contributed by atoms with E-state index in [9.17, 15) is 0 Å². The van der Waals surface area contributed by atoms with Gasteiger partial charge < -0.3 is 0 Å². The summed E-state index contributed by atoms with van der Waals surface area (Å²) in [5, 5.41) is 11.3. The lowest BCUT2D eigenvalue weighted by Crippen LogP contribution is -1.90. The largest absolute Gasteiger partial charge is 0.247 e. The zero-order chi connectivity index (χ0) is 21.1. The van der Waals surface area contributed by atoms with Crippen LogP contribution in [0.5, 0.6) is 0 Å². The van der Waals surface area contributed by atoms with Crippen LogP contribution < -0.4 is 0 Å². The van der Waals surface area contributed by atoms with E-state index in [-0.39, 0.29) is 0 Å². The van der Waals surface area contributed by atoms with Gasteiger partial charge in [-0.05, 0) is 49.8 Å². The first-order chi connectivity index (χ1) is 15.9. The van der Waals surface area contributed by atoms with Crippen molar-refractivity contribution in [3.05, 3.63) is 115 Å². The molecule has 0 radical (unpaired) electrons. The van der Waals surface area contributed by atoms with Crippen LogP contribution in [0.15, 0.2) is 115 Å². The molecular weight excluding hydrogens is 386 g/mol. The van der Waals surface area contributed by atoms with Gasteiger partial charge in [-0.1, -0.05) is 103 Å². The second kappa shape index (κ2) is 6.63. The molecule has 0 aliphatic carbocycles. The fraction of sp³-hybridized carbons (Fsp3) is 0. The van der Waals surface area contributed by atoms with Crippen LogP contribution in [0.25, 0.3) is 65.3 Å². The van der Waals surface area contributed by atoms with Crippen molar-refractivity contribution in [2.75, 3.05) is 0 Å². The third-order valence-corrected chi connectivity index (χ3v) is 6.63. The van der Waals surface area contributed by atoms with Gasteiger partial charge in [0.25, 0.3) is 0 Å². The highest BCUT2D eigenvalue weighted by atomic mass is 14.7. The minimum absolute atomic E-state index is 1.03. The average Bonchev–Trinajstić information content (AvgIpc) is 2.87. The first-order valence-electron chi connectivity index (χ1n) is 11.0. The van der Waals surface area contributed by atoms with Gasteiger partial charge in [0.2, 0.25) is 0 Å². The Hall–Kier alpha value is -4.23. The number of pyridine rings is 1. The van der Waals surface area contributed by atoms with Crippen molar-refractivity contribution >= 4 is 54.0 Å². The lowest BCUT2D eigenvalue weighted by atomic mass is 9.94. The van der Waals surface area contributed by atoms with Gasteiger partial charge in [0, 0.05) is 16.3 Å². The molecular formula is C31H19N. The monoisotopic (exact) mass is 405 g/mol. The molecule has 7 rings (SSSR count). The van der Waals surface area contributed by atoms with Crippen molar-refractivity contribution < 1.29 is 0 Å². The summed E-state index contributed by atoms with van der Waals surface area (Å²) in [7, 11) is 0. The highest BCUT2D eigenvalue weighted by Crippen LogP contribution is 2.36. The van der Waals surface area contributed by atoms with Crippen molar-refractivity contribution in [2.24, 2.45) is 0 Å². The molecule has 0 saturated heterocycles. The second-order valence-corrected chi connectivity index (χ2v) is 8.41.